The smallest absolute Gasteiger partial charge is 0.348 e. The number of carbonyl (C=O) groups is 1. The Kier molecular flexibility index (Phi) is 5.47. The molecule has 0 spiro atoms. The summed E-state index contributed by atoms with van der Waals surface area (Å²) in [7, 11) is 1.56. The number of aryl methyl sites for hydroxylation is 1. The second kappa shape index (κ2) is 7.77. The monoisotopic (exact) mass is 377 g/mol. The van der Waals surface area contributed by atoms with E-state index in [2.05, 4.69) is 15.3 Å². The highest BCUT2D eigenvalue weighted by Crippen LogP contribution is 2.34. The molecule has 0 radical (unpaired) electrons. The van der Waals surface area contributed by atoms with Gasteiger partial charge in [-0.2, -0.15) is 0 Å². The molecule has 0 aliphatic carbocycles. The predicted molar refractivity (Wildman–Crippen MR) is 99.0 cm³/mol. The summed E-state index contributed by atoms with van der Waals surface area (Å²) in [6.45, 7) is 2.44. The molecule has 0 saturated heterocycles. The van der Waals surface area contributed by atoms with Crippen molar-refractivity contribution in [2.45, 2.75) is 6.92 Å². The first-order chi connectivity index (χ1) is 12.1. The van der Waals surface area contributed by atoms with Crippen LogP contribution in [0.15, 0.2) is 30.6 Å². The van der Waals surface area contributed by atoms with Crippen LogP contribution in [0.25, 0.3) is 10.2 Å². The van der Waals surface area contributed by atoms with Gasteiger partial charge in [0.2, 0.25) is 0 Å². The van der Waals surface area contributed by atoms with Gasteiger partial charge in [0.25, 0.3) is 0 Å². The molecule has 0 fully saturated rings. The lowest BCUT2D eigenvalue weighted by atomic mass is 10.2. The van der Waals surface area contributed by atoms with Crippen LogP contribution in [-0.4, -0.2) is 36.3 Å². The molecule has 2 aromatic heterocycles. The molecule has 3 rings (SSSR count). The van der Waals surface area contributed by atoms with Crippen LogP contribution >= 0.6 is 22.9 Å². The number of hydrogen-bond donors (Lipinski definition) is 1. The number of nitrogens with zero attached hydrogens (tertiary/aromatic N) is 2. The quantitative estimate of drug-likeness (QED) is 0.512. The number of carbonyl (C=O) groups excluding carboxylic acids is 1. The Balaban J connectivity index is 1.92. The first-order valence-corrected chi connectivity index (χ1v) is 8.72. The third-order valence-corrected chi connectivity index (χ3v) is 4.97. The second-order valence-corrected chi connectivity index (χ2v) is 6.65. The lowest BCUT2D eigenvalue weighted by molar-refractivity contribution is 0.0393. The van der Waals surface area contributed by atoms with Gasteiger partial charge >= 0.3 is 5.97 Å². The number of hydrogen-bond acceptors (Lipinski definition) is 7. The fourth-order valence-electron chi connectivity index (χ4n) is 2.31. The van der Waals surface area contributed by atoms with Crippen molar-refractivity contribution in [3.05, 3.63) is 46.1 Å². The Morgan fingerprint density at radius 2 is 2.00 bits per heavy atom. The zero-order chi connectivity index (χ0) is 17.8. The number of methoxy groups -OCH3 is 1. The molecule has 0 unspecified atom stereocenters. The minimum absolute atomic E-state index is 0.213. The number of ether oxygens (including phenoxy) is 2. The van der Waals surface area contributed by atoms with Crippen LogP contribution in [0.3, 0.4) is 0 Å². The number of benzene rings is 1. The van der Waals surface area contributed by atoms with Crippen molar-refractivity contribution in [2.24, 2.45) is 0 Å². The summed E-state index contributed by atoms with van der Waals surface area (Å²) >= 11 is 7.20. The van der Waals surface area contributed by atoms with E-state index in [4.69, 9.17) is 21.1 Å². The standard InChI is InChI=1S/C17H16ClN3O3S/c1-10-13-15(21-12-5-3-11(18)4-6-12)19-9-20-16(13)25-14(10)17(22)24-8-7-23-2/h3-6,9H,7-8H2,1-2H3,(H,19,20,21). The third-order valence-electron chi connectivity index (χ3n) is 3.54. The Bertz CT molecular complexity index is 896. The summed E-state index contributed by atoms with van der Waals surface area (Å²) in [6.07, 6.45) is 1.47. The molecule has 1 aromatic carbocycles. The van der Waals surface area contributed by atoms with Gasteiger partial charge in [-0.05, 0) is 36.8 Å². The van der Waals surface area contributed by atoms with Gasteiger partial charge in [0, 0.05) is 17.8 Å². The van der Waals surface area contributed by atoms with Crippen molar-refractivity contribution in [1.82, 2.24) is 9.97 Å². The highest BCUT2D eigenvalue weighted by Gasteiger charge is 2.20. The molecule has 0 saturated carbocycles. The third kappa shape index (κ3) is 3.89. The Hall–Kier alpha value is -2.22. The molecule has 0 amide bonds. The average Bonchev–Trinajstić information content (AvgIpc) is 2.95. The molecule has 0 aliphatic heterocycles. The molecule has 0 atom stereocenters. The minimum atomic E-state index is -0.380. The maximum absolute atomic E-state index is 12.3. The lowest BCUT2D eigenvalue weighted by Gasteiger charge is -2.07. The van der Waals surface area contributed by atoms with Crippen LogP contribution in [0.4, 0.5) is 11.5 Å². The Morgan fingerprint density at radius 3 is 2.72 bits per heavy atom. The summed E-state index contributed by atoms with van der Waals surface area (Å²) in [4.78, 5) is 22.1. The molecular formula is C17H16ClN3O3S. The molecule has 0 aliphatic rings. The Morgan fingerprint density at radius 1 is 1.24 bits per heavy atom. The molecule has 2 heterocycles. The maximum Gasteiger partial charge on any atom is 0.348 e. The van der Waals surface area contributed by atoms with Gasteiger partial charge in [-0.3, -0.25) is 0 Å². The van der Waals surface area contributed by atoms with Crippen LogP contribution < -0.4 is 5.32 Å². The van der Waals surface area contributed by atoms with Gasteiger partial charge in [-0.25, -0.2) is 14.8 Å². The molecule has 8 heteroatoms. The van der Waals surface area contributed by atoms with Crippen molar-refractivity contribution >= 4 is 50.6 Å². The van der Waals surface area contributed by atoms with Crippen molar-refractivity contribution in [3.63, 3.8) is 0 Å². The fraction of sp³-hybridized carbons (Fsp3) is 0.235. The molecular weight excluding hydrogens is 362 g/mol. The minimum Gasteiger partial charge on any atom is -0.459 e. The van der Waals surface area contributed by atoms with Crippen molar-refractivity contribution < 1.29 is 14.3 Å². The van der Waals surface area contributed by atoms with Crippen LogP contribution in [-0.2, 0) is 9.47 Å². The van der Waals surface area contributed by atoms with Crippen LogP contribution in [0.2, 0.25) is 5.02 Å². The number of thiophene rings is 1. The van der Waals surface area contributed by atoms with Gasteiger partial charge in [-0.1, -0.05) is 11.6 Å². The van der Waals surface area contributed by atoms with E-state index in [0.717, 1.165) is 21.5 Å². The summed E-state index contributed by atoms with van der Waals surface area (Å²) in [6, 6.07) is 7.30. The zero-order valence-corrected chi connectivity index (χ0v) is 15.3. The molecule has 130 valence electrons. The number of nitrogens with one attached hydrogen (secondary N) is 1. The normalized spacial score (nSPS) is 10.8. The first kappa shape index (κ1) is 17.6. The summed E-state index contributed by atoms with van der Waals surface area (Å²) in [5.41, 5.74) is 1.64. The largest absolute Gasteiger partial charge is 0.459 e. The van der Waals surface area contributed by atoms with E-state index in [1.807, 2.05) is 19.1 Å². The summed E-state index contributed by atoms with van der Waals surface area (Å²) in [5, 5.41) is 4.71. The Labute approximate surface area is 153 Å². The number of anilines is 2. The van der Waals surface area contributed by atoms with Crippen molar-refractivity contribution in [1.29, 1.82) is 0 Å². The molecule has 1 N–H and O–H groups in total. The number of esters is 1. The fourth-order valence-corrected chi connectivity index (χ4v) is 3.48. The van der Waals surface area contributed by atoms with Gasteiger partial charge in [-0.15, -0.1) is 11.3 Å². The van der Waals surface area contributed by atoms with E-state index in [1.165, 1.54) is 17.7 Å². The molecule has 0 bridgehead atoms. The highest BCUT2D eigenvalue weighted by molar-refractivity contribution is 7.20. The van der Waals surface area contributed by atoms with E-state index < -0.39 is 0 Å². The van der Waals surface area contributed by atoms with E-state index in [1.54, 1.807) is 19.2 Å². The van der Waals surface area contributed by atoms with Gasteiger partial charge in [0.1, 0.15) is 28.5 Å². The summed E-state index contributed by atoms with van der Waals surface area (Å²) in [5.74, 6) is 0.256. The van der Waals surface area contributed by atoms with Gasteiger partial charge in [0.05, 0.1) is 12.0 Å². The van der Waals surface area contributed by atoms with Crippen LogP contribution in [0.1, 0.15) is 15.2 Å². The first-order valence-electron chi connectivity index (χ1n) is 7.53. The van der Waals surface area contributed by atoms with Crippen LogP contribution in [0.5, 0.6) is 0 Å². The topological polar surface area (TPSA) is 73.3 Å². The number of aromatic nitrogens is 2. The van der Waals surface area contributed by atoms with Crippen molar-refractivity contribution in [2.75, 3.05) is 25.6 Å². The lowest BCUT2D eigenvalue weighted by Crippen LogP contribution is -2.09. The van der Waals surface area contributed by atoms with Crippen LogP contribution in [0, 0.1) is 6.92 Å². The second-order valence-electron chi connectivity index (χ2n) is 5.22. The zero-order valence-electron chi connectivity index (χ0n) is 13.7. The van der Waals surface area contributed by atoms with Gasteiger partial charge < -0.3 is 14.8 Å². The predicted octanol–water partition coefficient (Wildman–Crippen LogP) is 4.20. The molecule has 3 aromatic rings. The van der Waals surface area contributed by atoms with Crippen molar-refractivity contribution in [3.8, 4) is 0 Å². The SMILES string of the molecule is COCCOC(=O)c1sc2ncnc(Nc3ccc(Cl)cc3)c2c1C. The molecule has 25 heavy (non-hydrogen) atoms. The number of halogens is 1. The van der Waals surface area contributed by atoms with Gasteiger partial charge in [0.15, 0.2) is 0 Å². The molecule has 6 nitrogen and oxygen atoms in total. The number of fused-ring (bicyclic) bond motifs is 1. The van der Waals surface area contributed by atoms with E-state index in [9.17, 15) is 4.79 Å². The average molecular weight is 378 g/mol. The highest BCUT2D eigenvalue weighted by atomic mass is 35.5. The summed E-state index contributed by atoms with van der Waals surface area (Å²) < 4.78 is 10.1. The van der Waals surface area contributed by atoms with E-state index >= 15 is 0 Å². The van der Waals surface area contributed by atoms with E-state index in [0.29, 0.717) is 22.3 Å². The van der Waals surface area contributed by atoms with E-state index in [-0.39, 0.29) is 12.6 Å². The number of rotatable bonds is 6. The maximum atomic E-state index is 12.3.